The van der Waals surface area contributed by atoms with Crippen LogP contribution in [0.15, 0.2) is 83.8 Å². The SMILES string of the molecule is Cc1ccc(S(=O)(=O)Nc2ccc(C(=O)N3CCC(C(=O)NCc4ccccc4)CC3)cc2)cc1. The Morgan fingerprint density at radius 1 is 0.886 bits per heavy atom. The highest BCUT2D eigenvalue weighted by Crippen LogP contribution is 2.21. The van der Waals surface area contributed by atoms with Crippen molar-refractivity contribution in [2.45, 2.75) is 31.2 Å². The number of aryl methyl sites for hydroxylation is 1. The second kappa shape index (κ2) is 10.7. The first-order valence-corrected chi connectivity index (χ1v) is 13.1. The van der Waals surface area contributed by atoms with Crippen molar-refractivity contribution < 1.29 is 18.0 Å². The van der Waals surface area contributed by atoms with Crippen molar-refractivity contribution in [3.8, 4) is 0 Å². The molecule has 0 radical (unpaired) electrons. The van der Waals surface area contributed by atoms with Crippen LogP contribution in [-0.4, -0.2) is 38.2 Å². The third kappa shape index (κ3) is 6.27. The van der Waals surface area contributed by atoms with Crippen molar-refractivity contribution in [1.82, 2.24) is 10.2 Å². The molecule has 3 aromatic carbocycles. The van der Waals surface area contributed by atoms with E-state index in [2.05, 4.69) is 10.0 Å². The van der Waals surface area contributed by atoms with Gasteiger partial charge in [-0.3, -0.25) is 14.3 Å². The molecule has 0 bridgehead atoms. The zero-order chi connectivity index (χ0) is 24.8. The number of nitrogens with zero attached hydrogens (tertiary/aromatic N) is 1. The quantitative estimate of drug-likeness (QED) is 0.523. The first kappa shape index (κ1) is 24.5. The number of likely N-dealkylation sites (tertiary alicyclic amines) is 1. The topological polar surface area (TPSA) is 95.6 Å². The fraction of sp³-hybridized carbons (Fsp3) is 0.259. The molecule has 1 saturated heterocycles. The largest absolute Gasteiger partial charge is 0.352 e. The molecule has 2 N–H and O–H groups in total. The fourth-order valence-electron chi connectivity index (χ4n) is 4.07. The van der Waals surface area contributed by atoms with Crippen molar-refractivity contribution in [2.75, 3.05) is 17.8 Å². The van der Waals surface area contributed by atoms with Crippen molar-refractivity contribution in [1.29, 1.82) is 0 Å². The van der Waals surface area contributed by atoms with Crippen molar-refractivity contribution in [3.63, 3.8) is 0 Å². The summed E-state index contributed by atoms with van der Waals surface area (Å²) >= 11 is 0. The summed E-state index contributed by atoms with van der Waals surface area (Å²) in [5, 5.41) is 2.99. The van der Waals surface area contributed by atoms with Crippen LogP contribution in [0.3, 0.4) is 0 Å². The van der Waals surface area contributed by atoms with E-state index in [9.17, 15) is 18.0 Å². The van der Waals surface area contributed by atoms with E-state index in [0.29, 0.717) is 43.7 Å². The molecule has 0 atom stereocenters. The number of anilines is 1. The van der Waals surface area contributed by atoms with Gasteiger partial charge in [0, 0.05) is 36.8 Å². The minimum atomic E-state index is -3.70. The molecular weight excluding hydrogens is 462 g/mol. The summed E-state index contributed by atoms with van der Waals surface area (Å²) in [4.78, 5) is 27.4. The molecule has 2 amide bonds. The van der Waals surface area contributed by atoms with Crippen LogP contribution in [0.4, 0.5) is 5.69 Å². The number of amides is 2. The summed E-state index contributed by atoms with van der Waals surface area (Å²) in [6.07, 6.45) is 1.22. The van der Waals surface area contributed by atoms with E-state index in [4.69, 9.17) is 0 Å². The van der Waals surface area contributed by atoms with Crippen LogP contribution in [0.1, 0.15) is 34.3 Å². The van der Waals surface area contributed by atoms with Crippen LogP contribution in [0.2, 0.25) is 0 Å². The van der Waals surface area contributed by atoms with Crippen LogP contribution in [0.25, 0.3) is 0 Å². The van der Waals surface area contributed by atoms with Gasteiger partial charge in [0.05, 0.1) is 4.90 Å². The predicted octanol–water partition coefficient (Wildman–Crippen LogP) is 3.96. The first-order chi connectivity index (χ1) is 16.8. The smallest absolute Gasteiger partial charge is 0.261 e. The summed E-state index contributed by atoms with van der Waals surface area (Å²) < 4.78 is 27.7. The van der Waals surface area contributed by atoms with E-state index in [1.54, 1.807) is 53.4 Å². The molecule has 0 aliphatic carbocycles. The number of hydrogen-bond acceptors (Lipinski definition) is 4. The minimum absolute atomic E-state index is 0.0196. The summed E-state index contributed by atoms with van der Waals surface area (Å²) in [6.45, 7) is 3.40. The molecule has 1 aliphatic heterocycles. The molecule has 35 heavy (non-hydrogen) atoms. The number of benzene rings is 3. The van der Waals surface area contributed by atoms with Gasteiger partial charge in [0.25, 0.3) is 15.9 Å². The van der Waals surface area contributed by atoms with Gasteiger partial charge >= 0.3 is 0 Å². The number of nitrogens with one attached hydrogen (secondary N) is 2. The lowest BCUT2D eigenvalue weighted by Gasteiger charge is -2.31. The van der Waals surface area contributed by atoms with E-state index >= 15 is 0 Å². The van der Waals surface area contributed by atoms with Crippen molar-refractivity contribution >= 4 is 27.5 Å². The van der Waals surface area contributed by atoms with E-state index in [1.807, 2.05) is 37.3 Å². The monoisotopic (exact) mass is 491 g/mol. The molecule has 3 aromatic rings. The van der Waals surface area contributed by atoms with Crippen LogP contribution >= 0.6 is 0 Å². The summed E-state index contributed by atoms with van der Waals surface area (Å²) in [5.74, 6) is -0.214. The van der Waals surface area contributed by atoms with Gasteiger partial charge in [0.2, 0.25) is 5.91 Å². The maximum Gasteiger partial charge on any atom is 0.261 e. The standard InChI is InChI=1S/C27H29N3O4S/c1-20-7-13-25(14-8-20)35(33,34)29-24-11-9-23(10-12-24)27(32)30-17-15-22(16-18-30)26(31)28-19-21-5-3-2-4-6-21/h2-14,22,29H,15-19H2,1H3,(H,28,31). The first-order valence-electron chi connectivity index (χ1n) is 11.6. The Morgan fingerprint density at radius 3 is 2.14 bits per heavy atom. The van der Waals surface area contributed by atoms with Crippen molar-refractivity contribution in [3.05, 3.63) is 95.6 Å². The van der Waals surface area contributed by atoms with E-state index in [1.165, 1.54) is 0 Å². The molecule has 0 saturated carbocycles. The number of sulfonamides is 1. The highest BCUT2D eigenvalue weighted by Gasteiger charge is 2.27. The summed E-state index contributed by atoms with van der Waals surface area (Å²) in [5.41, 5.74) is 2.90. The van der Waals surface area contributed by atoms with Gasteiger partial charge in [-0.2, -0.15) is 0 Å². The van der Waals surface area contributed by atoms with Crippen LogP contribution in [-0.2, 0) is 21.4 Å². The van der Waals surface area contributed by atoms with Gasteiger partial charge in [-0.05, 0) is 61.7 Å². The number of rotatable bonds is 7. The molecule has 0 spiro atoms. The summed E-state index contributed by atoms with van der Waals surface area (Å²) in [7, 11) is -3.70. The molecule has 0 aromatic heterocycles. The molecule has 4 rings (SSSR count). The second-order valence-corrected chi connectivity index (χ2v) is 10.4. The molecule has 1 fully saturated rings. The van der Waals surface area contributed by atoms with Gasteiger partial charge < -0.3 is 10.2 Å². The maximum atomic E-state index is 12.9. The lowest BCUT2D eigenvalue weighted by Crippen LogP contribution is -2.42. The average molecular weight is 492 g/mol. The summed E-state index contributed by atoms with van der Waals surface area (Å²) in [6, 6.07) is 22.8. The maximum absolute atomic E-state index is 12.9. The zero-order valence-electron chi connectivity index (χ0n) is 19.6. The number of carbonyl (C=O) groups excluding carboxylic acids is 2. The Hall–Kier alpha value is -3.65. The molecule has 1 heterocycles. The number of piperidine rings is 1. The van der Waals surface area contributed by atoms with Gasteiger partial charge in [0.1, 0.15) is 0 Å². The van der Waals surface area contributed by atoms with Gasteiger partial charge in [-0.25, -0.2) is 8.42 Å². The van der Waals surface area contributed by atoms with Gasteiger partial charge in [-0.15, -0.1) is 0 Å². The predicted molar refractivity (Wildman–Crippen MR) is 135 cm³/mol. The number of carbonyl (C=O) groups is 2. The Kier molecular flexibility index (Phi) is 7.51. The highest BCUT2D eigenvalue weighted by atomic mass is 32.2. The van der Waals surface area contributed by atoms with Crippen LogP contribution < -0.4 is 10.0 Å². The Balaban J connectivity index is 1.29. The molecule has 1 aliphatic rings. The van der Waals surface area contributed by atoms with Crippen LogP contribution in [0.5, 0.6) is 0 Å². The van der Waals surface area contributed by atoms with Gasteiger partial charge in [0.15, 0.2) is 0 Å². The van der Waals surface area contributed by atoms with E-state index in [-0.39, 0.29) is 22.6 Å². The Labute approximate surface area is 206 Å². The normalized spacial score (nSPS) is 14.4. The van der Waals surface area contributed by atoms with Crippen LogP contribution in [0, 0.1) is 12.8 Å². The highest BCUT2D eigenvalue weighted by molar-refractivity contribution is 7.92. The Bertz CT molecular complexity index is 1270. The lowest BCUT2D eigenvalue weighted by atomic mass is 9.95. The second-order valence-electron chi connectivity index (χ2n) is 8.77. The van der Waals surface area contributed by atoms with Gasteiger partial charge in [-0.1, -0.05) is 48.0 Å². The Morgan fingerprint density at radius 2 is 1.51 bits per heavy atom. The third-order valence-corrected chi connectivity index (χ3v) is 7.58. The lowest BCUT2D eigenvalue weighted by molar-refractivity contribution is -0.126. The zero-order valence-corrected chi connectivity index (χ0v) is 20.4. The molecule has 182 valence electrons. The number of hydrogen-bond donors (Lipinski definition) is 2. The third-order valence-electron chi connectivity index (χ3n) is 6.18. The minimum Gasteiger partial charge on any atom is -0.352 e. The average Bonchev–Trinajstić information content (AvgIpc) is 2.88. The van der Waals surface area contributed by atoms with E-state index in [0.717, 1.165) is 11.1 Å². The van der Waals surface area contributed by atoms with E-state index < -0.39 is 10.0 Å². The molecule has 0 unspecified atom stereocenters. The molecule has 8 heteroatoms. The van der Waals surface area contributed by atoms with Crippen molar-refractivity contribution in [2.24, 2.45) is 5.92 Å². The fourth-order valence-corrected chi connectivity index (χ4v) is 5.13. The molecule has 7 nitrogen and oxygen atoms in total. The molecular formula is C27H29N3O4S.